The second kappa shape index (κ2) is 2.40. The maximum atomic E-state index is 4.15. The number of nitrogens with zero attached hydrogens (tertiary/aromatic N) is 4. The summed E-state index contributed by atoms with van der Waals surface area (Å²) in [6, 6.07) is 0. The van der Waals surface area contributed by atoms with Crippen LogP contribution in [-0.2, 0) is 7.05 Å². The Hall–Kier alpha value is -0.720. The fourth-order valence-corrected chi connectivity index (χ4v) is 1.42. The number of aryl methyl sites for hydroxylation is 1. The van der Waals surface area contributed by atoms with Crippen LogP contribution < -0.4 is 0 Å². The maximum absolute atomic E-state index is 4.15. The highest BCUT2D eigenvalue weighted by Gasteiger charge is 2.03. The van der Waals surface area contributed by atoms with Crippen LogP contribution in [0.5, 0.6) is 0 Å². The lowest BCUT2D eigenvalue weighted by molar-refractivity contribution is 0.927. The number of hydrogen-bond acceptors (Lipinski definition) is 3. The van der Waals surface area contributed by atoms with Gasteiger partial charge in [0.15, 0.2) is 5.65 Å². The van der Waals surface area contributed by atoms with Crippen molar-refractivity contribution >= 4 is 33.8 Å². The molecule has 0 N–H and O–H groups in total. The summed E-state index contributed by atoms with van der Waals surface area (Å²) in [4.78, 5) is 12.3. The lowest BCUT2D eigenvalue weighted by Gasteiger charge is -1.91. The van der Waals surface area contributed by atoms with Gasteiger partial charge >= 0.3 is 0 Å². The Balaban J connectivity index is 2.94. The summed E-state index contributed by atoms with van der Waals surface area (Å²) in [7, 11) is 1.92. The van der Waals surface area contributed by atoms with Gasteiger partial charge < -0.3 is 4.57 Å². The van der Waals surface area contributed by atoms with Crippen molar-refractivity contribution in [3.8, 4) is 0 Å². The second-order valence-corrected chi connectivity index (χ2v) is 3.21. The molecule has 0 atom stereocenters. The van der Waals surface area contributed by atoms with E-state index in [1.165, 1.54) is 0 Å². The zero-order valence-corrected chi connectivity index (χ0v) is 7.98. The molecule has 0 fully saturated rings. The number of halogens is 1. The molecular weight excluding hydrogens is 257 g/mol. The summed E-state index contributed by atoms with van der Waals surface area (Å²) in [5, 5.41) is 0. The molecule has 2 heterocycles. The van der Waals surface area contributed by atoms with Gasteiger partial charge in [-0.25, -0.2) is 15.0 Å². The summed E-state index contributed by atoms with van der Waals surface area (Å²) in [5.41, 5.74) is 1.75. The predicted octanol–water partition coefficient (Wildman–Crippen LogP) is 0.968. The molecule has 11 heavy (non-hydrogen) atoms. The van der Waals surface area contributed by atoms with Crippen LogP contribution in [0, 0.1) is 3.70 Å². The van der Waals surface area contributed by atoms with E-state index in [4.69, 9.17) is 0 Å². The summed E-state index contributed by atoms with van der Waals surface area (Å²) < 4.78 is 2.77. The lowest BCUT2D eigenvalue weighted by atomic mass is 10.6. The fraction of sp³-hybridized carbons (Fsp3) is 0.167. The molecule has 0 radical (unpaired) electrons. The molecule has 4 nitrogen and oxygen atoms in total. The number of aromatic nitrogens is 4. The van der Waals surface area contributed by atoms with Crippen LogP contribution in [0.4, 0.5) is 0 Å². The van der Waals surface area contributed by atoms with Crippen LogP contribution in [0.1, 0.15) is 0 Å². The molecule has 2 aromatic heterocycles. The third kappa shape index (κ3) is 0.991. The largest absolute Gasteiger partial charge is 0.318 e. The van der Waals surface area contributed by atoms with Crippen LogP contribution in [0.25, 0.3) is 11.2 Å². The summed E-state index contributed by atoms with van der Waals surface area (Å²) in [5.74, 6) is 0. The molecule has 0 spiro atoms. The van der Waals surface area contributed by atoms with Gasteiger partial charge in [-0.2, -0.15) is 0 Å². The molecule has 0 aliphatic rings. The van der Waals surface area contributed by atoms with Crippen molar-refractivity contribution in [1.82, 2.24) is 19.5 Å². The standard InChI is InChI=1S/C6H5IN4/c1-11-3-10-4-5(7)8-2-9-6(4)11/h2-3H,1H3/i1+2. The van der Waals surface area contributed by atoms with Crippen molar-refractivity contribution in [3.63, 3.8) is 0 Å². The number of imidazole rings is 1. The Labute approximate surface area is 76.8 Å². The van der Waals surface area contributed by atoms with E-state index in [-0.39, 0.29) is 0 Å². The van der Waals surface area contributed by atoms with Gasteiger partial charge in [-0.3, -0.25) is 0 Å². The monoisotopic (exact) mass is 262 g/mol. The Morgan fingerprint density at radius 1 is 1.36 bits per heavy atom. The second-order valence-electron chi connectivity index (χ2n) is 2.19. The Bertz CT molecular complexity index is 394. The van der Waals surface area contributed by atoms with Gasteiger partial charge in [0.1, 0.15) is 15.5 Å². The molecule has 2 aromatic rings. The normalized spacial score (nSPS) is 10.7. The molecule has 0 unspecified atom stereocenters. The molecule has 5 heteroatoms. The van der Waals surface area contributed by atoms with Crippen LogP contribution in [-0.4, -0.2) is 19.5 Å². The molecule has 2 rings (SSSR count). The van der Waals surface area contributed by atoms with Crippen molar-refractivity contribution in [2.45, 2.75) is 0 Å². The van der Waals surface area contributed by atoms with Crippen LogP contribution >= 0.6 is 22.6 Å². The van der Waals surface area contributed by atoms with Crippen LogP contribution in [0.3, 0.4) is 0 Å². The van der Waals surface area contributed by atoms with Crippen molar-refractivity contribution in [1.29, 1.82) is 0 Å². The van der Waals surface area contributed by atoms with Gasteiger partial charge in [0.2, 0.25) is 0 Å². The van der Waals surface area contributed by atoms with Gasteiger partial charge in [0.05, 0.1) is 6.33 Å². The summed E-state index contributed by atoms with van der Waals surface area (Å²) >= 11 is 2.14. The zero-order chi connectivity index (χ0) is 7.84. The topological polar surface area (TPSA) is 43.6 Å². The number of fused-ring (bicyclic) bond motifs is 1. The van der Waals surface area contributed by atoms with Crippen LogP contribution in [0.2, 0.25) is 0 Å². The predicted molar refractivity (Wildman–Crippen MR) is 49.0 cm³/mol. The first kappa shape index (κ1) is 6.96. The minimum Gasteiger partial charge on any atom is -0.318 e. The Morgan fingerprint density at radius 3 is 2.91 bits per heavy atom. The van der Waals surface area contributed by atoms with E-state index < -0.39 is 0 Å². The minimum atomic E-state index is 0.871. The Morgan fingerprint density at radius 2 is 2.18 bits per heavy atom. The molecule has 0 saturated carbocycles. The molecular formula is C6H5IN4. The van der Waals surface area contributed by atoms with E-state index in [1.54, 1.807) is 12.7 Å². The van der Waals surface area contributed by atoms with Crippen molar-refractivity contribution in [2.24, 2.45) is 7.05 Å². The van der Waals surface area contributed by atoms with E-state index in [0.29, 0.717) is 0 Å². The van der Waals surface area contributed by atoms with Gasteiger partial charge in [0.25, 0.3) is 0 Å². The van der Waals surface area contributed by atoms with E-state index in [1.807, 2.05) is 11.6 Å². The smallest absolute Gasteiger partial charge is 0.164 e. The molecule has 56 valence electrons. The van der Waals surface area contributed by atoms with E-state index in [9.17, 15) is 0 Å². The molecule has 0 aliphatic heterocycles. The van der Waals surface area contributed by atoms with Gasteiger partial charge in [0, 0.05) is 7.05 Å². The SMILES string of the molecule is [14CH3]n1cnc2c(I)ncnc21. The average Bonchev–Trinajstić information content (AvgIpc) is 2.35. The van der Waals surface area contributed by atoms with E-state index in [0.717, 1.165) is 14.9 Å². The molecule has 0 aromatic carbocycles. The van der Waals surface area contributed by atoms with Gasteiger partial charge in [-0.1, -0.05) is 0 Å². The molecule has 0 amide bonds. The third-order valence-electron chi connectivity index (χ3n) is 1.45. The molecule has 0 saturated heterocycles. The first-order chi connectivity index (χ1) is 5.29. The van der Waals surface area contributed by atoms with Crippen molar-refractivity contribution in [2.75, 3.05) is 0 Å². The minimum absolute atomic E-state index is 0.871. The zero-order valence-electron chi connectivity index (χ0n) is 5.82. The summed E-state index contributed by atoms with van der Waals surface area (Å²) in [6.45, 7) is 0. The van der Waals surface area contributed by atoms with Gasteiger partial charge in [-0.15, -0.1) is 0 Å². The van der Waals surface area contributed by atoms with Crippen molar-refractivity contribution < 1.29 is 0 Å². The van der Waals surface area contributed by atoms with Crippen molar-refractivity contribution in [3.05, 3.63) is 16.4 Å². The third-order valence-corrected chi connectivity index (χ3v) is 2.24. The molecule has 0 bridgehead atoms. The highest BCUT2D eigenvalue weighted by molar-refractivity contribution is 14.1. The average molecular weight is 262 g/mol. The maximum Gasteiger partial charge on any atom is 0.164 e. The highest BCUT2D eigenvalue weighted by Crippen LogP contribution is 2.12. The Kier molecular flexibility index (Phi) is 1.52. The summed E-state index contributed by atoms with van der Waals surface area (Å²) in [6.07, 6.45) is 3.29. The number of hydrogen-bond donors (Lipinski definition) is 0. The fourth-order valence-electron chi connectivity index (χ4n) is 0.917. The van der Waals surface area contributed by atoms with E-state index in [2.05, 4.69) is 37.5 Å². The first-order valence-electron chi connectivity index (χ1n) is 3.06. The quantitative estimate of drug-likeness (QED) is 0.524. The van der Waals surface area contributed by atoms with Gasteiger partial charge in [-0.05, 0) is 22.6 Å². The molecule has 0 aliphatic carbocycles. The lowest BCUT2D eigenvalue weighted by Crippen LogP contribution is -1.90. The number of rotatable bonds is 0. The highest BCUT2D eigenvalue weighted by atomic mass is 127. The van der Waals surface area contributed by atoms with E-state index >= 15 is 0 Å². The first-order valence-corrected chi connectivity index (χ1v) is 4.14. The van der Waals surface area contributed by atoms with Crippen LogP contribution in [0.15, 0.2) is 12.7 Å².